The van der Waals surface area contributed by atoms with Crippen LogP contribution >= 0.6 is 0 Å². The van der Waals surface area contributed by atoms with Crippen LogP contribution in [0.15, 0.2) is 0 Å². The van der Waals surface area contributed by atoms with Crippen molar-refractivity contribution in [1.82, 2.24) is 0 Å². The van der Waals surface area contributed by atoms with Gasteiger partial charge in [0.15, 0.2) is 6.04 Å². The van der Waals surface area contributed by atoms with Crippen LogP contribution in [0.1, 0.15) is 33.6 Å². The maximum atomic E-state index is 11.4. The Bertz CT molecular complexity index is 227. The van der Waals surface area contributed by atoms with Crippen molar-refractivity contribution >= 4 is 11.9 Å². The number of carboxylic acids is 1. The van der Waals surface area contributed by atoms with Gasteiger partial charge in [-0.15, -0.1) is 0 Å². The summed E-state index contributed by atoms with van der Waals surface area (Å²) in [4.78, 5) is 21.6. The average Bonchev–Trinajstić information content (AvgIpc) is 2.00. The van der Waals surface area contributed by atoms with E-state index in [0.29, 0.717) is 12.3 Å². The van der Waals surface area contributed by atoms with Gasteiger partial charge in [0.1, 0.15) is 6.10 Å². The molecule has 0 spiro atoms. The standard InChI is InChI=1S/C10H19NO4/c1-6(2)4-8(11)10(14)15-7(3)5-9(12)13/h6-8H,4-5,11H2,1-3H3,(H,12,13)/t7-,8+/m0/s1. The van der Waals surface area contributed by atoms with E-state index in [9.17, 15) is 14.7 Å². The van der Waals surface area contributed by atoms with Gasteiger partial charge in [-0.3, -0.25) is 0 Å². The Balaban J connectivity index is 3.95. The van der Waals surface area contributed by atoms with Gasteiger partial charge in [-0.1, -0.05) is 13.8 Å². The summed E-state index contributed by atoms with van der Waals surface area (Å²) in [5, 5.41) is 10.2. The molecular weight excluding hydrogens is 198 g/mol. The summed E-state index contributed by atoms with van der Waals surface area (Å²) >= 11 is 0. The van der Waals surface area contributed by atoms with Crippen molar-refractivity contribution < 1.29 is 25.2 Å². The average molecular weight is 217 g/mol. The first-order valence-electron chi connectivity index (χ1n) is 5.06. The molecule has 0 aliphatic heterocycles. The van der Waals surface area contributed by atoms with Crippen LogP contribution in [0, 0.1) is 5.92 Å². The summed E-state index contributed by atoms with van der Waals surface area (Å²) in [6.45, 7) is 5.49. The lowest BCUT2D eigenvalue weighted by molar-refractivity contribution is -0.412. The lowest BCUT2D eigenvalue weighted by Crippen LogP contribution is -2.66. The van der Waals surface area contributed by atoms with E-state index in [4.69, 9.17) is 4.74 Å². The van der Waals surface area contributed by atoms with E-state index >= 15 is 0 Å². The van der Waals surface area contributed by atoms with Crippen molar-refractivity contribution in [2.45, 2.75) is 45.8 Å². The zero-order valence-electron chi connectivity index (χ0n) is 9.49. The highest BCUT2D eigenvalue weighted by Gasteiger charge is 2.22. The highest BCUT2D eigenvalue weighted by atomic mass is 16.5. The number of carbonyl (C=O) groups is 2. The largest absolute Gasteiger partial charge is 0.550 e. The third-order valence-electron chi connectivity index (χ3n) is 1.86. The zero-order chi connectivity index (χ0) is 12.0. The molecule has 3 N–H and O–H groups in total. The molecule has 0 bridgehead atoms. The topological polar surface area (TPSA) is 94.1 Å². The minimum absolute atomic E-state index is 0.278. The summed E-state index contributed by atoms with van der Waals surface area (Å²) in [6, 6.07) is -0.436. The van der Waals surface area contributed by atoms with E-state index in [1.165, 1.54) is 6.92 Å². The van der Waals surface area contributed by atoms with E-state index < -0.39 is 24.1 Å². The molecule has 5 nitrogen and oxygen atoms in total. The molecule has 0 aliphatic carbocycles. The number of hydrogen-bond donors (Lipinski definition) is 1. The predicted molar refractivity (Wildman–Crippen MR) is 51.3 cm³/mol. The molecule has 5 heteroatoms. The van der Waals surface area contributed by atoms with Gasteiger partial charge in [0.05, 0.1) is 0 Å². The maximum absolute atomic E-state index is 11.4. The van der Waals surface area contributed by atoms with E-state index in [-0.39, 0.29) is 6.42 Å². The highest BCUT2D eigenvalue weighted by molar-refractivity contribution is 5.74. The molecule has 0 amide bonds. The van der Waals surface area contributed by atoms with Crippen LogP contribution < -0.4 is 10.8 Å². The molecule has 0 unspecified atom stereocenters. The molecule has 0 fully saturated rings. The predicted octanol–water partition coefficient (Wildman–Crippen LogP) is -1.29. The van der Waals surface area contributed by atoms with Crippen LogP contribution in [0.2, 0.25) is 0 Å². The summed E-state index contributed by atoms with van der Waals surface area (Å²) in [7, 11) is 0. The second-order valence-electron chi connectivity index (χ2n) is 4.15. The van der Waals surface area contributed by atoms with Crippen molar-refractivity contribution in [3.8, 4) is 0 Å². The van der Waals surface area contributed by atoms with E-state index in [1.807, 2.05) is 13.8 Å². The monoisotopic (exact) mass is 217 g/mol. The quantitative estimate of drug-likeness (QED) is 0.560. The number of ether oxygens (including phenoxy) is 1. The van der Waals surface area contributed by atoms with E-state index in [0.717, 1.165) is 0 Å². The minimum atomic E-state index is -1.22. The van der Waals surface area contributed by atoms with E-state index in [1.54, 1.807) is 0 Å². The van der Waals surface area contributed by atoms with Gasteiger partial charge in [0.2, 0.25) is 0 Å². The number of hydrogen-bond acceptors (Lipinski definition) is 4. The summed E-state index contributed by atoms with van der Waals surface area (Å²) in [5.41, 5.74) is 3.67. The lowest BCUT2D eigenvalue weighted by Gasteiger charge is -2.16. The molecule has 0 aliphatic rings. The smallest absolute Gasteiger partial charge is 0.365 e. The highest BCUT2D eigenvalue weighted by Crippen LogP contribution is 2.05. The Labute approximate surface area is 89.6 Å². The van der Waals surface area contributed by atoms with Crippen molar-refractivity contribution in [2.24, 2.45) is 5.92 Å². The van der Waals surface area contributed by atoms with Gasteiger partial charge >= 0.3 is 5.97 Å². The molecule has 88 valence electrons. The molecule has 0 rings (SSSR count). The van der Waals surface area contributed by atoms with Gasteiger partial charge in [0, 0.05) is 18.8 Å². The van der Waals surface area contributed by atoms with Gasteiger partial charge in [-0.05, 0) is 12.8 Å². The minimum Gasteiger partial charge on any atom is -0.550 e. The molecule has 0 aromatic carbocycles. The Kier molecular flexibility index (Phi) is 5.93. The van der Waals surface area contributed by atoms with Crippen molar-refractivity contribution in [2.75, 3.05) is 0 Å². The van der Waals surface area contributed by atoms with Crippen LogP contribution in [0.25, 0.3) is 0 Å². The molecule has 0 heterocycles. The molecule has 15 heavy (non-hydrogen) atoms. The van der Waals surface area contributed by atoms with Crippen LogP contribution in [0.5, 0.6) is 0 Å². The van der Waals surface area contributed by atoms with Gasteiger partial charge in [-0.25, -0.2) is 4.79 Å². The Morgan fingerprint density at radius 1 is 1.33 bits per heavy atom. The van der Waals surface area contributed by atoms with Gasteiger partial charge in [0.25, 0.3) is 0 Å². The fourth-order valence-electron chi connectivity index (χ4n) is 1.24. The second-order valence-corrected chi connectivity index (χ2v) is 4.15. The Morgan fingerprint density at radius 3 is 2.27 bits per heavy atom. The van der Waals surface area contributed by atoms with Gasteiger partial charge in [-0.2, -0.15) is 0 Å². The first-order chi connectivity index (χ1) is 6.82. The Hall–Kier alpha value is -1.10. The normalized spacial score (nSPS) is 14.7. The first-order valence-corrected chi connectivity index (χ1v) is 5.06. The Morgan fingerprint density at radius 2 is 1.87 bits per heavy atom. The van der Waals surface area contributed by atoms with Crippen molar-refractivity contribution in [1.29, 1.82) is 0 Å². The third-order valence-corrected chi connectivity index (χ3v) is 1.86. The number of quaternary nitrogens is 1. The molecule has 0 radical (unpaired) electrons. The van der Waals surface area contributed by atoms with Crippen LogP contribution in [-0.2, 0) is 14.3 Å². The number of carbonyl (C=O) groups excluding carboxylic acids is 2. The fraction of sp³-hybridized carbons (Fsp3) is 0.800. The first kappa shape index (κ1) is 13.9. The zero-order valence-corrected chi connectivity index (χ0v) is 9.49. The maximum Gasteiger partial charge on any atom is 0.365 e. The number of aliphatic carboxylic acids is 1. The van der Waals surface area contributed by atoms with Crippen molar-refractivity contribution in [3.63, 3.8) is 0 Å². The number of rotatable bonds is 6. The number of carboxylic acid groups (broad SMARTS) is 1. The van der Waals surface area contributed by atoms with Gasteiger partial charge < -0.3 is 20.4 Å². The van der Waals surface area contributed by atoms with Crippen LogP contribution in [0.4, 0.5) is 0 Å². The number of esters is 1. The van der Waals surface area contributed by atoms with Crippen LogP contribution in [-0.4, -0.2) is 24.1 Å². The summed E-state index contributed by atoms with van der Waals surface area (Å²) in [6.07, 6.45) is -0.296. The molecule has 0 saturated carbocycles. The molecule has 2 atom stereocenters. The molecular formula is C10H19NO4. The molecule has 0 aromatic rings. The lowest BCUT2D eigenvalue weighted by atomic mass is 10.0. The van der Waals surface area contributed by atoms with Crippen molar-refractivity contribution in [3.05, 3.63) is 0 Å². The third kappa shape index (κ3) is 6.90. The summed E-state index contributed by atoms with van der Waals surface area (Å²) < 4.78 is 4.90. The molecule has 0 saturated heterocycles. The SMILES string of the molecule is CC(C)C[C@@H]([NH3+])C(=O)O[C@@H](C)CC(=O)[O-]. The molecule has 0 aromatic heterocycles. The summed E-state index contributed by atoms with van der Waals surface area (Å²) in [5.74, 6) is -1.31. The van der Waals surface area contributed by atoms with E-state index in [2.05, 4.69) is 5.73 Å². The fourth-order valence-corrected chi connectivity index (χ4v) is 1.24. The van der Waals surface area contributed by atoms with Crippen LogP contribution in [0.3, 0.4) is 0 Å². The second kappa shape index (κ2) is 6.40.